The maximum absolute atomic E-state index is 13.7. The van der Waals surface area contributed by atoms with Gasteiger partial charge in [0.1, 0.15) is 5.75 Å². The van der Waals surface area contributed by atoms with Crippen molar-refractivity contribution in [3.8, 4) is 11.5 Å². The van der Waals surface area contributed by atoms with Gasteiger partial charge >= 0.3 is 0 Å². The molecule has 1 amide bonds. The van der Waals surface area contributed by atoms with Crippen molar-refractivity contribution < 1.29 is 18.7 Å². The third-order valence-corrected chi connectivity index (χ3v) is 3.90. The molecule has 0 saturated carbocycles. The maximum atomic E-state index is 13.7. The van der Waals surface area contributed by atoms with E-state index in [4.69, 9.17) is 9.47 Å². The molecule has 0 fully saturated rings. The number of methoxy groups -OCH3 is 1. The van der Waals surface area contributed by atoms with Gasteiger partial charge in [0.15, 0.2) is 18.2 Å². The van der Waals surface area contributed by atoms with Crippen molar-refractivity contribution in [3.63, 3.8) is 0 Å². The Hall–Kier alpha value is -2.56. The number of carbonyl (C=O) groups excluding carboxylic acids is 1. The van der Waals surface area contributed by atoms with Gasteiger partial charge in [-0.1, -0.05) is 12.1 Å². The molecule has 0 aliphatic rings. The SMILES string of the molecule is COc1ccc([C@@H](C)NC(=O)COc2ccc(C)c(C)c2)cc1F. The highest BCUT2D eigenvalue weighted by atomic mass is 19.1. The largest absolute Gasteiger partial charge is 0.494 e. The zero-order valence-electron chi connectivity index (χ0n) is 14.4. The number of nitrogens with one attached hydrogen (secondary N) is 1. The van der Waals surface area contributed by atoms with Gasteiger partial charge in [-0.05, 0) is 61.7 Å². The molecule has 2 aromatic rings. The predicted molar refractivity (Wildman–Crippen MR) is 90.9 cm³/mol. The van der Waals surface area contributed by atoms with Crippen LogP contribution in [0.3, 0.4) is 0 Å². The monoisotopic (exact) mass is 331 g/mol. The Kier molecular flexibility index (Phi) is 5.79. The quantitative estimate of drug-likeness (QED) is 0.878. The Morgan fingerprint density at radius 1 is 1.17 bits per heavy atom. The number of hydrogen-bond acceptors (Lipinski definition) is 3. The normalized spacial score (nSPS) is 11.7. The Labute approximate surface area is 141 Å². The highest BCUT2D eigenvalue weighted by Crippen LogP contribution is 2.21. The van der Waals surface area contributed by atoms with E-state index < -0.39 is 5.82 Å². The second-order valence-corrected chi connectivity index (χ2v) is 5.72. The van der Waals surface area contributed by atoms with Crippen LogP contribution in [0, 0.1) is 19.7 Å². The lowest BCUT2D eigenvalue weighted by atomic mass is 10.1. The third kappa shape index (κ3) is 4.47. The molecule has 0 radical (unpaired) electrons. The molecular formula is C19H22FNO3. The number of rotatable bonds is 6. The first-order valence-corrected chi connectivity index (χ1v) is 7.73. The molecular weight excluding hydrogens is 309 g/mol. The number of halogens is 1. The van der Waals surface area contributed by atoms with E-state index in [-0.39, 0.29) is 24.3 Å². The summed E-state index contributed by atoms with van der Waals surface area (Å²) in [5, 5.41) is 2.79. The van der Waals surface area contributed by atoms with Gasteiger partial charge in [0.05, 0.1) is 13.2 Å². The van der Waals surface area contributed by atoms with Crippen molar-refractivity contribution in [2.45, 2.75) is 26.8 Å². The molecule has 0 unspecified atom stereocenters. The molecule has 24 heavy (non-hydrogen) atoms. The molecule has 0 spiro atoms. The Morgan fingerprint density at radius 3 is 2.54 bits per heavy atom. The van der Waals surface area contributed by atoms with Crippen LogP contribution in [0.4, 0.5) is 4.39 Å². The van der Waals surface area contributed by atoms with E-state index in [0.29, 0.717) is 11.3 Å². The summed E-state index contributed by atoms with van der Waals surface area (Å²) in [4.78, 5) is 12.0. The lowest BCUT2D eigenvalue weighted by Crippen LogP contribution is -2.31. The minimum Gasteiger partial charge on any atom is -0.494 e. The van der Waals surface area contributed by atoms with Crippen LogP contribution in [0.15, 0.2) is 36.4 Å². The highest BCUT2D eigenvalue weighted by Gasteiger charge is 2.13. The van der Waals surface area contributed by atoms with Crippen LogP contribution in [0.1, 0.15) is 29.7 Å². The average Bonchev–Trinajstić information content (AvgIpc) is 2.55. The first kappa shape index (κ1) is 17.8. The molecule has 0 aromatic heterocycles. The molecule has 0 aliphatic heterocycles. The Balaban J connectivity index is 1.91. The van der Waals surface area contributed by atoms with E-state index in [1.807, 2.05) is 32.0 Å². The van der Waals surface area contributed by atoms with Crippen LogP contribution < -0.4 is 14.8 Å². The highest BCUT2D eigenvalue weighted by molar-refractivity contribution is 5.78. The fourth-order valence-corrected chi connectivity index (χ4v) is 2.27. The standard InChI is InChI=1S/C19H22FNO3/c1-12-5-7-16(9-13(12)2)24-11-19(22)21-14(3)15-6-8-18(23-4)17(20)10-15/h5-10,14H,11H2,1-4H3,(H,21,22)/t14-/m1/s1. The van der Waals surface area contributed by atoms with Crippen LogP contribution >= 0.6 is 0 Å². The average molecular weight is 331 g/mol. The molecule has 4 nitrogen and oxygen atoms in total. The van der Waals surface area contributed by atoms with Gasteiger partial charge in [0.2, 0.25) is 0 Å². The number of ether oxygens (including phenoxy) is 2. The van der Waals surface area contributed by atoms with Crippen molar-refractivity contribution in [1.29, 1.82) is 0 Å². The van der Waals surface area contributed by atoms with Crippen molar-refractivity contribution >= 4 is 5.91 Å². The van der Waals surface area contributed by atoms with Crippen molar-refractivity contribution in [3.05, 3.63) is 58.9 Å². The molecule has 128 valence electrons. The van der Waals surface area contributed by atoms with E-state index in [1.165, 1.54) is 18.7 Å². The molecule has 0 bridgehead atoms. The van der Waals surface area contributed by atoms with E-state index in [2.05, 4.69) is 5.32 Å². The fourth-order valence-electron chi connectivity index (χ4n) is 2.27. The molecule has 2 rings (SSSR count). The van der Waals surface area contributed by atoms with E-state index in [9.17, 15) is 9.18 Å². The first-order chi connectivity index (χ1) is 11.4. The van der Waals surface area contributed by atoms with Crippen LogP contribution in [0.5, 0.6) is 11.5 Å². The molecule has 0 aliphatic carbocycles. The van der Waals surface area contributed by atoms with Gasteiger partial charge < -0.3 is 14.8 Å². The van der Waals surface area contributed by atoms with Gasteiger partial charge in [-0.15, -0.1) is 0 Å². The summed E-state index contributed by atoms with van der Waals surface area (Å²) < 4.78 is 24.1. The third-order valence-electron chi connectivity index (χ3n) is 3.90. The Bertz CT molecular complexity index is 731. The van der Waals surface area contributed by atoms with E-state index in [0.717, 1.165) is 5.56 Å². The van der Waals surface area contributed by atoms with Crippen LogP contribution in [-0.4, -0.2) is 19.6 Å². The van der Waals surface area contributed by atoms with Crippen molar-refractivity contribution in [2.75, 3.05) is 13.7 Å². The zero-order chi connectivity index (χ0) is 17.7. The number of aryl methyl sites for hydroxylation is 2. The van der Waals surface area contributed by atoms with E-state index >= 15 is 0 Å². The smallest absolute Gasteiger partial charge is 0.258 e. The topological polar surface area (TPSA) is 47.6 Å². The second kappa shape index (κ2) is 7.81. The zero-order valence-corrected chi connectivity index (χ0v) is 14.4. The summed E-state index contributed by atoms with van der Waals surface area (Å²) in [5.74, 6) is 0.103. The summed E-state index contributed by atoms with van der Waals surface area (Å²) >= 11 is 0. The molecule has 1 atom stereocenters. The Morgan fingerprint density at radius 2 is 1.92 bits per heavy atom. The van der Waals surface area contributed by atoms with Gasteiger partial charge in [0, 0.05) is 0 Å². The maximum Gasteiger partial charge on any atom is 0.258 e. The predicted octanol–water partition coefficient (Wildman–Crippen LogP) is 3.71. The molecule has 1 N–H and O–H groups in total. The summed E-state index contributed by atoms with van der Waals surface area (Å²) in [6, 6.07) is 9.96. The minimum atomic E-state index is -0.456. The van der Waals surface area contributed by atoms with Crippen LogP contribution in [0.25, 0.3) is 0 Å². The molecule has 0 heterocycles. The molecule has 0 saturated heterocycles. The van der Waals surface area contributed by atoms with Crippen molar-refractivity contribution in [2.24, 2.45) is 0 Å². The van der Waals surface area contributed by atoms with E-state index in [1.54, 1.807) is 19.1 Å². The van der Waals surface area contributed by atoms with Gasteiger partial charge in [-0.2, -0.15) is 0 Å². The molecule has 2 aromatic carbocycles. The van der Waals surface area contributed by atoms with Crippen LogP contribution in [0.2, 0.25) is 0 Å². The summed E-state index contributed by atoms with van der Waals surface area (Å²) in [6.07, 6.45) is 0. The minimum absolute atomic E-state index is 0.0918. The summed E-state index contributed by atoms with van der Waals surface area (Å²) in [7, 11) is 1.41. The molecule has 5 heteroatoms. The lowest BCUT2D eigenvalue weighted by molar-refractivity contribution is -0.123. The van der Waals surface area contributed by atoms with Gasteiger partial charge in [0.25, 0.3) is 5.91 Å². The second-order valence-electron chi connectivity index (χ2n) is 5.72. The summed E-state index contributed by atoms with van der Waals surface area (Å²) in [6.45, 7) is 5.70. The van der Waals surface area contributed by atoms with Gasteiger partial charge in [-0.3, -0.25) is 4.79 Å². The van der Waals surface area contributed by atoms with Crippen LogP contribution in [-0.2, 0) is 4.79 Å². The number of hydrogen-bond donors (Lipinski definition) is 1. The summed E-state index contributed by atoms with van der Waals surface area (Å²) in [5.41, 5.74) is 2.93. The lowest BCUT2D eigenvalue weighted by Gasteiger charge is -2.16. The number of carbonyl (C=O) groups is 1. The van der Waals surface area contributed by atoms with Gasteiger partial charge in [-0.25, -0.2) is 4.39 Å². The number of benzene rings is 2. The van der Waals surface area contributed by atoms with Crippen molar-refractivity contribution in [1.82, 2.24) is 5.32 Å². The number of amides is 1. The fraction of sp³-hybridized carbons (Fsp3) is 0.316. The first-order valence-electron chi connectivity index (χ1n) is 7.73.